The van der Waals surface area contributed by atoms with E-state index in [1.54, 1.807) is 6.20 Å². The van der Waals surface area contributed by atoms with Crippen LogP contribution in [0.3, 0.4) is 0 Å². The van der Waals surface area contributed by atoms with Gasteiger partial charge < -0.3 is 5.32 Å². The fourth-order valence-corrected chi connectivity index (χ4v) is 4.99. The average molecular weight is 475 g/mol. The molecule has 0 aliphatic carbocycles. The average Bonchev–Trinajstić information content (AvgIpc) is 3.47. The van der Waals surface area contributed by atoms with Gasteiger partial charge in [-0.2, -0.15) is 0 Å². The Kier molecular flexibility index (Phi) is 5.76. The van der Waals surface area contributed by atoms with Crippen LogP contribution in [0, 0.1) is 6.92 Å². The van der Waals surface area contributed by atoms with Gasteiger partial charge in [0, 0.05) is 30.1 Å². The Morgan fingerprint density at radius 1 is 1.09 bits per heavy atom. The molecule has 1 N–H and O–H groups in total. The van der Waals surface area contributed by atoms with Gasteiger partial charge in [0.25, 0.3) is 5.56 Å². The first-order chi connectivity index (χ1) is 16.1. The summed E-state index contributed by atoms with van der Waals surface area (Å²) in [5, 5.41) is 14.4. The number of aromatic nitrogens is 5. The zero-order valence-corrected chi connectivity index (χ0v) is 19.2. The van der Waals surface area contributed by atoms with Gasteiger partial charge >= 0.3 is 0 Å². The highest BCUT2D eigenvalue weighted by Gasteiger charge is 2.15. The topological polar surface area (TPSA) is 103 Å². The molecule has 0 saturated carbocycles. The van der Waals surface area contributed by atoms with Crippen molar-refractivity contribution in [3.8, 4) is 21.8 Å². The summed E-state index contributed by atoms with van der Waals surface area (Å²) in [4.78, 5) is 35.0. The molecule has 5 aromatic rings. The normalized spacial score (nSPS) is 11.1. The van der Waals surface area contributed by atoms with Gasteiger partial charge in [-0.05, 0) is 24.6 Å². The number of carbonyl (C=O) groups excluding carboxylic acids is 1. The van der Waals surface area contributed by atoms with E-state index in [1.165, 1.54) is 33.6 Å². The first-order valence-corrected chi connectivity index (χ1v) is 11.9. The number of rotatable bonds is 6. The summed E-state index contributed by atoms with van der Waals surface area (Å²) in [5.41, 5.74) is 3.53. The van der Waals surface area contributed by atoms with Crippen molar-refractivity contribution in [1.29, 1.82) is 0 Å². The second kappa shape index (κ2) is 9.00. The van der Waals surface area contributed by atoms with E-state index in [1.807, 2.05) is 54.8 Å². The fraction of sp³-hybridized carbons (Fsp3) is 0.130. The van der Waals surface area contributed by atoms with Crippen LogP contribution in [-0.4, -0.2) is 30.6 Å². The largest absolute Gasteiger partial charge is 0.300 e. The predicted octanol–water partition coefficient (Wildman–Crippen LogP) is 4.38. The Labute approximate surface area is 196 Å². The number of hydrogen-bond acceptors (Lipinski definition) is 8. The lowest BCUT2D eigenvalue weighted by Gasteiger charge is -2.06. The summed E-state index contributed by atoms with van der Waals surface area (Å²) in [7, 11) is 0. The highest BCUT2D eigenvalue weighted by atomic mass is 32.1. The minimum atomic E-state index is -0.255. The van der Waals surface area contributed by atoms with E-state index in [-0.39, 0.29) is 24.4 Å². The highest BCUT2D eigenvalue weighted by molar-refractivity contribution is 7.18. The summed E-state index contributed by atoms with van der Waals surface area (Å²) in [6.45, 7) is 2.24. The van der Waals surface area contributed by atoms with Gasteiger partial charge in [-0.15, -0.1) is 21.5 Å². The minimum absolute atomic E-state index is 0.107. The van der Waals surface area contributed by atoms with Crippen molar-refractivity contribution in [1.82, 2.24) is 24.7 Å². The maximum absolute atomic E-state index is 13.2. The molecular weight excluding hydrogens is 456 g/mol. The van der Waals surface area contributed by atoms with E-state index in [9.17, 15) is 9.59 Å². The van der Waals surface area contributed by atoms with Crippen molar-refractivity contribution >= 4 is 43.9 Å². The zero-order valence-electron chi connectivity index (χ0n) is 17.6. The van der Waals surface area contributed by atoms with Crippen LogP contribution in [0.2, 0.25) is 0 Å². The Morgan fingerprint density at radius 2 is 1.94 bits per heavy atom. The molecule has 0 aliphatic rings. The van der Waals surface area contributed by atoms with E-state index >= 15 is 0 Å². The van der Waals surface area contributed by atoms with Crippen LogP contribution in [-0.2, 0) is 11.3 Å². The van der Waals surface area contributed by atoms with Crippen LogP contribution in [0.15, 0.2) is 65.2 Å². The number of hydrogen-bond donors (Lipinski definition) is 1. The third kappa shape index (κ3) is 4.43. The third-order valence-electron chi connectivity index (χ3n) is 5.06. The van der Waals surface area contributed by atoms with Crippen molar-refractivity contribution < 1.29 is 4.79 Å². The lowest BCUT2D eigenvalue weighted by Crippen LogP contribution is -2.23. The molecule has 33 heavy (non-hydrogen) atoms. The number of amides is 1. The molecule has 0 saturated heterocycles. The number of fused-ring (bicyclic) bond motifs is 1. The first kappa shape index (κ1) is 21.1. The van der Waals surface area contributed by atoms with Gasteiger partial charge in [-0.3, -0.25) is 19.1 Å². The van der Waals surface area contributed by atoms with E-state index in [0.717, 1.165) is 16.7 Å². The molecule has 1 amide bonds. The summed E-state index contributed by atoms with van der Waals surface area (Å²) >= 11 is 2.69. The van der Waals surface area contributed by atoms with Gasteiger partial charge in [-0.1, -0.05) is 47.2 Å². The minimum Gasteiger partial charge on any atom is -0.300 e. The molecule has 0 atom stereocenters. The standard InChI is InChI=1S/C23H18N6O2S2/c1-14-5-7-15(8-6-14)16-12-32-21-19(16)22(31)29(13-25-21)11-9-18(30)26-23-28-27-20(33-23)17-4-2-3-10-24-17/h2-8,10,12-13H,9,11H2,1H3,(H,26,28,30). The van der Waals surface area contributed by atoms with Crippen molar-refractivity contribution in [2.24, 2.45) is 0 Å². The van der Waals surface area contributed by atoms with Gasteiger partial charge in [-0.25, -0.2) is 4.98 Å². The number of nitrogens with zero attached hydrogens (tertiary/aromatic N) is 5. The van der Waals surface area contributed by atoms with Gasteiger partial charge in [0.15, 0.2) is 5.01 Å². The Bertz CT molecular complexity index is 1490. The van der Waals surface area contributed by atoms with E-state index in [4.69, 9.17) is 0 Å². The van der Waals surface area contributed by atoms with Crippen molar-refractivity contribution in [2.45, 2.75) is 19.9 Å². The number of thiophene rings is 1. The Hall–Kier alpha value is -3.76. The molecule has 0 aliphatic heterocycles. The zero-order chi connectivity index (χ0) is 22.8. The smallest absolute Gasteiger partial charge is 0.262 e. The molecule has 8 nitrogen and oxygen atoms in total. The van der Waals surface area contributed by atoms with E-state index in [0.29, 0.717) is 26.0 Å². The number of carbonyl (C=O) groups is 1. The second-order valence-corrected chi connectivity index (χ2v) is 9.20. The SMILES string of the molecule is Cc1ccc(-c2csc3ncn(CCC(=O)Nc4nnc(-c5ccccn5)s4)c(=O)c23)cc1. The van der Waals surface area contributed by atoms with Gasteiger partial charge in [0.2, 0.25) is 11.0 Å². The van der Waals surface area contributed by atoms with E-state index < -0.39 is 0 Å². The van der Waals surface area contributed by atoms with Crippen LogP contribution in [0.1, 0.15) is 12.0 Å². The van der Waals surface area contributed by atoms with Gasteiger partial charge in [0.1, 0.15) is 10.5 Å². The molecule has 10 heteroatoms. The quantitative estimate of drug-likeness (QED) is 0.392. The summed E-state index contributed by atoms with van der Waals surface area (Å²) in [6.07, 6.45) is 3.28. The monoisotopic (exact) mass is 474 g/mol. The molecule has 1 aromatic carbocycles. The maximum atomic E-state index is 13.2. The third-order valence-corrected chi connectivity index (χ3v) is 6.81. The van der Waals surface area contributed by atoms with Crippen LogP contribution in [0.5, 0.6) is 0 Å². The van der Waals surface area contributed by atoms with Crippen LogP contribution < -0.4 is 10.9 Å². The van der Waals surface area contributed by atoms with Crippen molar-refractivity contribution in [2.75, 3.05) is 5.32 Å². The molecule has 0 unspecified atom stereocenters. The number of nitrogens with one attached hydrogen (secondary N) is 1. The number of aryl methyl sites for hydroxylation is 2. The summed E-state index contributed by atoms with van der Waals surface area (Å²) < 4.78 is 1.48. The lowest BCUT2D eigenvalue weighted by molar-refractivity contribution is -0.116. The molecule has 0 spiro atoms. The van der Waals surface area contributed by atoms with Crippen molar-refractivity contribution in [3.05, 3.63) is 76.3 Å². The molecule has 164 valence electrons. The second-order valence-electron chi connectivity index (χ2n) is 7.36. The van der Waals surface area contributed by atoms with E-state index in [2.05, 4.69) is 25.5 Å². The number of benzene rings is 1. The number of pyridine rings is 1. The van der Waals surface area contributed by atoms with Crippen LogP contribution in [0.4, 0.5) is 5.13 Å². The summed E-state index contributed by atoms with van der Waals surface area (Å²) in [6, 6.07) is 13.6. The molecular formula is C23H18N6O2S2. The predicted molar refractivity (Wildman–Crippen MR) is 130 cm³/mol. The first-order valence-electron chi connectivity index (χ1n) is 10.2. The molecule has 4 heterocycles. The molecule has 0 fully saturated rings. The highest BCUT2D eigenvalue weighted by Crippen LogP contribution is 2.30. The Balaban J connectivity index is 1.31. The van der Waals surface area contributed by atoms with Crippen molar-refractivity contribution in [3.63, 3.8) is 0 Å². The van der Waals surface area contributed by atoms with Gasteiger partial charge in [0.05, 0.1) is 11.7 Å². The molecule has 0 bridgehead atoms. The van der Waals surface area contributed by atoms with Crippen LogP contribution >= 0.6 is 22.7 Å². The maximum Gasteiger partial charge on any atom is 0.262 e. The lowest BCUT2D eigenvalue weighted by atomic mass is 10.1. The molecule has 5 rings (SSSR count). The summed E-state index contributed by atoms with van der Waals surface area (Å²) in [5.74, 6) is -0.255. The fourth-order valence-electron chi connectivity index (χ4n) is 3.34. The number of anilines is 1. The molecule has 4 aromatic heterocycles. The molecule has 0 radical (unpaired) electrons. The van der Waals surface area contributed by atoms with Crippen LogP contribution in [0.25, 0.3) is 32.0 Å². The Morgan fingerprint density at radius 3 is 2.73 bits per heavy atom.